The average Bonchev–Trinajstić information content (AvgIpc) is 2.48. The highest BCUT2D eigenvalue weighted by Crippen LogP contribution is 2.39. The van der Waals surface area contributed by atoms with Gasteiger partial charge in [-0.3, -0.25) is 4.79 Å². The summed E-state index contributed by atoms with van der Waals surface area (Å²) < 4.78 is 10.4. The lowest BCUT2D eigenvalue weighted by atomic mass is 10.0. The Morgan fingerprint density at radius 2 is 1.82 bits per heavy atom. The lowest BCUT2D eigenvalue weighted by molar-refractivity contribution is 0.367. The summed E-state index contributed by atoms with van der Waals surface area (Å²) in [6.45, 7) is 0. The Bertz CT molecular complexity index is 912. The highest BCUT2D eigenvalue weighted by molar-refractivity contribution is 5.92. The van der Waals surface area contributed by atoms with Gasteiger partial charge in [-0.25, -0.2) is 0 Å². The lowest BCUT2D eigenvalue weighted by Crippen LogP contribution is -2.06. The molecule has 0 unspecified atom stereocenters. The molecule has 0 atom stereocenters. The zero-order valence-corrected chi connectivity index (χ0v) is 11.7. The molecule has 0 spiro atoms. The van der Waals surface area contributed by atoms with Crippen LogP contribution < -0.4 is 15.9 Å². The summed E-state index contributed by atoms with van der Waals surface area (Å²) in [6, 6.07) is 7.74. The largest absolute Gasteiger partial charge is 0.507 e. The van der Waals surface area contributed by atoms with Gasteiger partial charge in [0.2, 0.25) is 11.2 Å². The predicted octanol–water partition coefficient (Wildman–Crippen LogP) is 2.46. The number of hydrogen-bond donors (Lipinski definition) is 3. The number of phenolic OH excluding ortho intramolecular Hbond substituents is 2. The topological polar surface area (TPSA) is 106 Å². The Morgan fingerprint density at radius 1 is 1.14 bits per heavy atom. The van der Waals surface area contributed by atoms with Gasteiger partial charge in [0, 0.05) is 11.8 Å². The van der Waals surface area contributed by atoms with Crippen LogP contribution in [0.4, 0.5) is 5.69 Å². The van der Waals surface area contributed by atoms with Crippen LogP contribution in [0.1, 0.15) is 0 Å². The minimum Gasteiger partial charge on any atom is -0.507 e. The van der Waals surface area contributed by atoms with Crippen LogP contribution in [0.25, 0.3) is 22.1 Å². The molecule has 0 saturated heterocycles. The second-order valence-electron chi connectivity index (χ2n) is 4.75. The second kappa shape index (κ2) is 5.00. The van der Waals surface area contributed by atoms with Gasteiger partial charge >= 0.3 is 0 Å². The molecule has 0 saturated carbocycles. The standard InChI is InChI=1S/C16H13NO5/c1-21-15-12(19)6-11(18)13-14(20)10(7-22-16(13)15)8-2-4-9(17)5-3-8/h2-7,18-19H,17H2,1H3. The fourth-order valence-electron chi connectivity index (χ4n) is 2.31. The molecule has 0 bridgehead atoms. The van der Waals surface area contributed by atoms with Crippen LogP contribution in [0.3, 0.4) is 0 Å². The van der Waals surface area contributed by atoms with E-state index in [0.717, 1.165) is 6.07 Å². The van der Waals surface area contributed by atoms with Crippen molar-refractivity contribution in [3.05, 3.63) is 46.8 Å². The molecule has 0 amide bonds. The van der Waals surface area contributed by atoms with Gasteiger partial charge in [0.1, 0.15) is 17.4 Å². The summed E-state index contributed by atoms with van der Waals surface area (Å²) in [4.78, 5) is 12.6. The highest BCUT2D eigenvalue weighted by Gasteiger charge is 2.19. The first-order valence-electron chi connectivity index (χ1n) is 6.43. The van der Waals surface area contributed by atoms with Crippen LogP contribution in [0, 0.1) is 0 Å². The van der Waals surface area contributed by atoms with Gasteiger partial charge in [0.25, 0.3) is 0 Å². The Kier molecular flexibility index (Phi) is 3.14. The quantitative estimate of drug-likeness (QED) is 0.628. The first-order chi connectivity index (χ1) is 10.5. The van der Waals surface area contributed by atoms with E-state index >= 15 is 0 Å². The summed E-state index contributed by atoms with van der Waals surface area (Å²) in [5, 5.41) is 19.7. The van der Waals surface area contributed by atoms with Gasteiger partial charge in [-0.1, -0.05) is 12.1 Å². The number of methoxy groups -OCH3 is 1. The number of nitrogens with two attached hydrogens (primary N) is 1. The first-order valence-corrected chi connectivity index (χ1v) is 6.43. The van der Waals surface area contributed by atoms with Crippen LogP contribution >= 0.6 is 0 Å². The number of anilines is 1. The summed E-state index contributed by atoms with van der Waals surface area (Å²) in [5.41, 5.74) is 6.64. The number of ether oxygens (including phenoxy) is 1. The van der Waals surface area contributed by atoms with Gasteiger partial charge in [-0.2, -0.15) is 0 Å². The van der Waals surface area contributed by atoms with E-state index in [0.29, 0.717) is 11.3 Å². The van der Waals surface area contributed by atoms with Crippen LogP contribution in [-0.4, -0.2) is 17.3 Å². The molecule has 0 aliphatic carbocycles. The van der Waals surface area contributed by atoms with Crippen molar-refractivity contribution < 1.29 is 19.4 Å². The van der Waals surface area contributed by atoms with E-state index in [1.54, 1.807) is 24.3 Å². The van der Waals surface area contributed by atoms with Crippen molar-refractivity contribution in [1.82, 2.24) is 0 Å². The molecular weight excluding hydrogens is 286 g/mol. The Hall–Kier alpha value is -3.15. The number of benzene rings is 2. The molecule has 0 aliphatic heterocycles. The second-order valence-corrected chi connectivity index (χ2v) is 4.75. The maximum absolute atomic E-state index is 12.6. The third kappa shape index (κ3) is 2.01. The molecule has 112 valence electrons. The Labute approximate surface area is 125 Å². The normalized spacial score (nSPS) is 10.8. The lowest BCUT2D eigenvalue weighted by Gasteiger charge is -2.09. The summed E-state index contributed by atoms with van der Waals surface area (Å²) >= 11 is 0. The van der Waals surface area contributed by atoms with E-state index in [2.05, 4.69) is 0 Å². The van der Waals surface area contributed by atoms with Crippen LogP contribution in [0.5, 0.6) is 17.2 Å². The molecule has 3 rings (SSSR count). The molecule has 1 heterocycles. The summed E-state index contributed by atoms with van der Waals surface area (Å²) in [5.74, 6) is -0.691. The molecule has 22 heavy (non-hydrogen) atoms. The minimum atomic E-state index is -0.429. The van der Waals surface area contributed by atoms with Crippen molar-refractivity contribution >= 4 is 16.7 Å². The zero-order valence-electron chi connectivity index (χ0n) is 11.7. The van der Waals surface area contributed by atoms with Gasteiger partial charge in [-0.05, 0) is 17.7 Å². The highest BCUT2D eigenvalue weighted by atomic mass is 16.5. The number of rotatable bonds is 2. The molecule has 0 radical (unpaired) electrons. The third-order valence-electron chi connectivity index (χ3n) is 3.39. The maximum Gasteiger partial charge on any atom is 0.204 e. The fourth-order valence-corrected chi connectivity index (χ4v) is 2.31. The molecule has 0 aliphatic rings. The molecule has 4 N–H and O–H groups in total. The van der Waals surface area contributed by atoms with E-state index < -0.39 is 5.43 Å². The van der Waals surface area contributed by atoms with Gasteiger partial charge in [0.15, 0.2) is 11.3 Å². The third-order valence-corrected chi connectivity index (χ3v) is 3.39. The van der Waals surface area contributed by atoms with Crippen molar-refractivity contribution in [2.45, 2.75) is 0 Å². The number of hydrogen-bond acceptors (Lipinski definition) is 6. The summed E-state index contributed by atoms with van der Waals surface area (Å²) in [7, 11) is 1.33. The Morgan fingerprint density at radius 3 is 2.45 bits per heavy atom. The summed E-state index contributed by atoms with van der Waals surface area (Å²) in [6.07, 6.45) is 1.26. The molecular formula is C16H13NO5. The Balaban J connectivity index is 2.35. The SMILES string of the molecule is COc1c(O)cc(O)c2c(=O)c(-c3ccc(N)cc3)coc12. The average molecular weight is 299 g/mol. The smallest absolute Gasteiger partial charge is 0.204 e. The fraction of sp³-hybridized carbons (Fsp3) is 0.0625. The van der Waals surface area contributed by atoms with E-state index in [1.807, 2.05) is 0 Å². The molecule has 0 fully saturated rings. The van der Waals surface area contributed by atoms with Gasteiger partial charge in [0.05, 0.1) is 12.7 Å². The van der Waals surface area contributed by atoms with E-state index in [4.69, 9.17) is 14.9 Å². The van der Waals surface area contributed by atoms with Crippen LogP contribution in [0.2, 0.25) is 0 Å². The molecule has 6 heteroatoms. The number of aromatic hydroxyl groups is 2. The molecule has 3 aromatic rings. The van der Waals surface area contributed by atoms with Crippen molar-refractivity contribution in [2.75, 3.05) is 12.8 Å². The maximum atomic E-state index is 12.6. The predicted molar refractivity (Wildman–Crippen MR) is 82.2 cm³/mol. The van der Waals surface area contributed by atoms with Crippen molar-refractivity contribution in [2.24, 2.45) is 0 Å². The van der Waals surface area contributed by atoms with Gasteiger partial charge < -0.3 is 25.1 Å². The van der Waals surface area contributed by atoms with Crippen LogP contribution in [-0.2, 0) is 0 Å². The molecule has 6 nitrogen and oxygen atoms in total. The van der Waals surface area contributed by atoms with Crippen LogP contribution in [0.15, 0.2) is 45.8 Å². The van der Waals surface area contributed by atoms with E-state index in [9.17, 15) is 15.0 Å². The molecule has 2 aromatic carbocycles. The number of nitrogen functional groups attached to an aromatic ring is 1. The van der Waals surface area contributed by atoms with Crippen molar-refractivity contribution in [3.63, 3.8) is 0 Å². The number of phenols is 2. The van der Waals surface area contributed by atoms with Crippen molar-refractivity contribution in [1.29, 1.82) is 0 Å². The van der Waals surface area contributed by atoms with Gasteiger partial charge in [-0.15, -0.1) is 0 Å². The monoisotopic (exact) mass is 299 g/mol. The van der Waals surface area contributed by atoms with E-state index in [1.165, 1.54) is 13.4 Å². The minimum absolute atomic E-state index is 0.00578. The first kappa shape index (κ1) is 13.8. The zero-order chi connectivity index (χ0) is 15.9. The van der Waals surface area contributed by atoms with E-state index in [-0.39, 0.29) is 33.8 Å². The number of fused-ring (bicyclic) bond motifs is 1. The van der Waals surface area contributed by atoms with Crippen molar-refractivity contribution in [3.8, 4) is 28.4 Å². The molecule has 1 aromatic heterocycles.